The van der Waals surface area contributed by atoms with E-state index in [0.29, 0.717) is 5.41 Å². The molecule has 0 radical (unpaired) electrons. The number of aromatic nitrogens is 1. The Morgan fingerprint density at radius 1 is 0.882 bits per heavy atom. The van der Waals surface area contributed by atoms with E-state index in [1.54, 1.807) is 19.8 Å². The molecule has 4 bridgehead atoms. The van der Waals surface area contributed by atoms with Crippen molar-refractivity contribution in [2.75, 3.05) is 20.8 Å². The van der Waals surface area contributed by atoms with Crippen molar-refractivity contribution < 1.29 is 9.47 Å². The smallest absolute Gasteiger partial charge is 0.123 e. The van der Waals surface area contributed by atoms with E-state index in [9.17, 15) is 0 Å². The summed E-state index contributed by atoms with van der Waals surface area (Å²) >= 11 is 0. The number of benzene rings is 2. The van der Waals surface area contributed by atoms with Crippen LogP contribution in [0.5, 0.6) is 11.5 Å². The molecular formula is C30H38N2O2. The fourth-order valence-electron chi connectivity index (χ4n) is 7.95. The molecule has 0 aliphatic heterocycles. The van der Waals surface area contributed by atoms with E-state index in [1.807, 2.05) is 6.07 Å². The Bertz CT molecular complexity index is 1140. The maximum Gasteiger partial charge on any atom is 0.123 e. The highest BCUT2D eigenvalue weighted by Crippen LogP contribution is 2.61. The minimum atomic E-state index is 0.411. The normalized spacial score (nSPS) is 27.4. The lowest BCUT2D eigenvalue weighted by Gasteiger charge is -2.57. The number of fused-ring (bicyclic) bond motifs is 1. The Labute approximate surface area is 203 Å². The standard InChI is InChI=1S/C30H38N2O2/c1-33-24-12-22(13-25(15-24)34-2)29-26(5-3-4-8-31)27-14-23(6-7-28(27)32-29)30-16-19-9-20(17-30)11-21(10-19)18-30/h6-7,12-15,19-21,32H,3-5,8-11,16-18,31H2,1-2H3. The molecule has 4 aliphatic carbocycles. The van der Waals surface area contributed by atoms with Crippen LogP contribution in [0.1, 0.15) is 62.5 Å². The average Bonchev–Trinajstić information content (AvgIpc) is 3.21. The molecule has 0 saturated heterocycles. The summed E-state index contributed by atoms with van der Waals surface area (Å²) in [6, 6.07) is 13.5. The Kier molecular flexibility index (Phi) is 5.60. The largest absolute Gasteiger partial charge is 0.497 e. The van der Waals surface area contributed by atoms with E-state index in [1.165, 1.54) is 60.7 Å². The summed E-state index contributed by atoms with van der Waals surface area (Å²) in [6.07, 6.45) is 11.8. The van der Waals surface area contributed by atoms with Gasteiger partial charge in [0, 0.05) is 28.2 Å². The number of unbranched alkanes of at least 4 members (excludes halogenated alkanes) is 1. The summed E-state index contributed by atoms with van der Waals surface area (Å²) in [7, 11) is 3.42. The number of hydrogen-bond acceptors (Lipinski definition) is 3. The van der Waals surface area contributed by atoms with Gasteiger partial charge in [0.05, 0.1) is 14.2 Å². The number of nitrogens with one attached hydrogen (secondary N) is 1. The quantitative estimate of drug-likeness (QED) is 0.374. The second-order valence-corrected chi connectivity index (χ2v) is 11.3. The van der Waals surface area contributed by atoms with Gasteiger partial charge in [-0.3, -0.25) is 0 Å². The van der Waals surface area contributed by atoms with Crippen molar-refractivity contribution in [3.05, 3.63) is 47.5 Å². The summed E-state index contributed by atoms with van der Waals surface area (Å²) in [5.41, 5.74) is 12.8. The maximum absolute atomic E-state index is 5.86. The molecule has 3 N–H and O–H groups in total. The molecule has 0 spiro atoms. The van der Waals surface area contributed by atoms with Gasteiger partial charge in [0.1, 0.15) is 11.5 Å². The van der Waals surface area contributed by atoms with Crippen LogP contribution in [0.4, 0.5) is 0 Å². The first-order valence-corrected chi connectivity index (χ1v) is 13.2. The molecule has 0 unspecified atom stereocenters. The average molecular weight is 459 g/mol. The van der Waals surface area contributed by atoms with Gasteiger partial charge in [-0.05, 0) is 123 Å². The predicted octanol–water partition coefficient (Wildman–Crippen LogP) is 6.60. The van der Waals surface area contributed by atoms with E-state index in [4.69, 9.17) is 15.2 Å². The van der Waals surface area contributed by atoms with Gasteiger partial charge in [-0.2, -0.15) is 0 Å². The van der Waals surface area contributed by atoms with Crippen molar-refractivity contribution in [2.24, 2.45) is 23.5 Å². The molecule has 0 amide bonds. The summed E-state index contributed by atoms with van der Waals surface area (Å²) < 4.78 is 11.2. The molecule has 180 valence electrons. The summed E-state index contributed by atoms with van der Waals surface area (Å²) in [5, 5.41) is 1.39. The number of H-pyrrole nitrogens is 1. The third-order valence-corrected chi connectivity index (χ3v) is 9.08. The van der Waals surface area contributed by atoms with Crippen LogP contribution >= 0.6 is 0 Å². The van der Waals surface area contributed by atoms with Gasteiger partial charge in [0.15, 0.2) is 0 Å². The highest BCUT2D eigenvalue weighted by molar-refractivity contribution is 5.92. The van der Waals surface area contributed by atoms with Crippen molar-refractivity contribution in [3.8, 4) is 22.8 Å². The van der Waals surface area contributed by atoms with Crippen LogP contribution in [-0.2, 0) is 11.8 Å². The van der Waals surface area contributed by atoms with Gasteiger partial charge in [0.25, 0.3) is 0 Å². The lowest BCUT2D eigenvalue weighted by Crippen LogP contribution is -2.48. The van der Waals surface area contributed by atoms with Gasteiger partial charge >= 0.3 is 0 Å². The summed E-state index contributed by atoms with van der Waals surface area (Å²) in [5.74, 6) is 4.50. The van der Waals surface area contributed by atoms with Crippen molar-refractivity contribution in [1.29, 1.82) is 0 Å². The number of aryl methyl sites for hydroxylation is 1. The molecule has 7 rings (SSSR count). The third kappa shape index (κ3) is 3.71. The molecule has 4 aliphatic rings. The lowest BCUT2D eigenvalue weighted by molar-refractivity contribution is -0.00513. The molecule has 1 heterocycles. The Hall–Kier alpha value is -2.46. The van der Waals surface area contributed by atoms with Crippen LogP contribution in [0.25, 0.3) is 22.2 Å². The minimum Gasteiger partial charge on any atom is -0.497 e. The Balaban J connectivity index is 1.46. The molecule has 4 nitrogen and oxygen atoms in total. The number of nitrogens with two attached hydrogens (primary N) is 1. The number of methoxy groups -OCH3 is 2. The van der Waals surface area contributed by atoms with E-state index in [0.717, 1.165) is 60.6 Å². The van der Waals surface area contributed by atoms with Crippen LogP contribution in [0.3, 0.4) is 0 Å². The number of rotatable bonds is 8. The molecule has 1 aromatic heterocycles. The van der Waals surface area contributed by atoms with Crippen molar-refractivity contribution >= 4 is 10.9 Å². The van der Waals surface area contributed by atoms with Gasteiger partial charge in [0.2, 0.25) is 0 Å². The predicted molar refractivity (Wildman–Crippen MR) is 139 cm³/mol. The second kappa shape index (κ2) is 8.64. The zero-order chi connectivity index (χ0) is 23.3. The van der Waals surface area contributed by atoms with Crippen molar-refractivity contribution in [3.63, 3.8) is 0 Å². The molecule has 2 aromatic carbocycles. The molecule has 3 aromatic rings. The van der Waals surface area contributed by atoms with Crippen molar-refractivity contribution in [1.82, 2.24) is 4.98 Å². The summed E-state index contributed by atoms with van der Waals surface area (Å²) in [6.45, 7) is 0.739. The van der Waals surface area contributed by atoms with E-state index < -0.39 is 0 Å². The monoisotopic (exact) mass is 458 g/mol. The molecule has 4 saturated carbocycles. The maximum atomic E-state index is 5.86. The van der Waals surface area contributed by atoms with E-state index in [2.05, 4.69) is 35.3 Å². The molecular weight excluding hydrogens is 420 g/mol. The number of aromatic amines is 1. The number of hydrogen-bond donors (Lipinski definition) is 2. The zero-order valence-corrected chi connectivity index (χ0v) is 20.7. The molecule has 4 heteroatoms. The van der Waals surface area contributed by atoms with Gasteiger partial charge in [-0.1, -0.05) is 6.07 Å². The fraction of sp³-hybridized carbons (Fsp3) is 0.533. The van der Waals surface area contributed by atoms with Gasteiger partial charge < -0.3 is 20.2 Å². The van der Waals surface area contributed by atoms with Crippen LogP contribution in [0.2, 0.25) is 0 Å². The number of ether oxygens (including phenoxy) is 2. The van der Waals surface area contributed by atoms with Crippen LogP contribution in [0, 0.1) is 17.8 Å². The molecule has 4 fully saturated rings. The Morgan fingerprint density at radius 2 is 1.53 bits per heavy atom. The first kappa shape index (κ1) is 22.0. The highest BCUT2D eigenvalue weighted by Gasteiger charge is 2.51. The summed E-state index contributed by atoms with van der Waals surface area (Å²) in [4.78, 5) is 3.77. The van der Waals surface area contributed by atoms with Gasteiger partial charge in [-0.15, -0.1) is 0 Å². The highest BCUT2D eigenvalue weighted by atomic mass is 16.5. The van der Waals surface area contributed by atoms with Crippen LogP contribution < -0.4 is 15.2 Å². The lowest BCUT2D eigenvalue weighted by atomic mass is 9.48. The second-order valence-electron chi connectivity index (χ2n) is 11.3. The van der Waals surface area contributed by atoms with Gasteiger partial charge in [-0.25, -0.2) is 0 Å². The fourth-order valence-corrected chi connectivity index (χ4v) is 7.95. The zero-order valence-electron chi connectivity index (χ0n) is 20.7. The molecule has 0 atom stereocenters. The first-order chi connectivity index (χ1) is 16.6. The van der Waals surface area contributed by atoms with Crippen LogP contribution in [-0.4, -0.2) is 25.7 Å². The minimum absolute atomic E-state index is 0.411. The SMILES string of the molecule is COc1cc(OC)cc(-c2[nH]c3ccc(C45CC6CC(CC(C6)C4)C5)cc3c2CCCCN)c1. The van der Waals surface area contributed by atoms with Crippen molar-refractivity contribution in [2.45, 2.75) is 63.2 Å². The van der Waals surface area contributed by atoms with Crippen LogP contribution in [0.15, 0.2) is 36.4 Å². The van der Waals surface area contributed by atoms with E-state index >= 15 is 0 Å². The van der Waals surface area contributed by atoms with E-state index in [-0.39, 0.29) is 0 Å². The molecule has 34 heavy (non-hydrogen) atoms. The topological polar surface area (TPSA) is 60.3 Å². The third-order valence-electron chi connectivity index (χ3n) is 9.08. The first-order valence-electron chi connectivity index (χ1n) is 13.2. The Morgan fingerprint density at radius 3 is 2.12 bits per heavy atom.